The lowest BCUT2D eigenvalue weighted by Crippen LogP contribution is -2.23. The standard InChI is InChI=1S/C30H24F2N4O4/c1-17-28(39-3)14-24-29(35-17)27(10-11-34-24)40-26-9-4-18(12-23(26)32)13-25(37)22-16-36(33-2)15-21(30(22)38)19-5-7-20(31)8-6-19/h4-12,14-16,33H,13H2,1-3H3. The van der Waals surface area contributed by atoms with Gasteiger partial charge in [0.25, 0.3) is 0 Å². The molecule has 0 aliphatic rings. The molecule has 0 amide bonds. The number of fused-ring (bicyclic) bond motifs is 1. The van der Waals surface area contributed by atoms with Gasteiger partial charge < -0.3 is 14.9 Å². The predicted octanol–water partition coefficient (Wildman–Crippen LogP) is 5.44. The summed E-state index contributed by atoms with van der Waals surface area (Å²) in [7, 11) is 3.16. The van der Waals surface area contributed by atoms with E-state index in [1.807, 2.05) is 0 Å². The van der Waals surface area contributed by atoms with Gasteiger partial charge in [0.2, 0.25) is 0 Å². The highest BCUT2D eigenvalue weighted by Crippen LogP contribution is 2.32. The number of hydrogen-bond donors (Lipinski definition) is 1. The predicted molar refractivity (Wildman–Crippen MR) is 147 cm³/mol. The number of aryl methyl sites for hydroxylation is 1. The Morgan fingerprint density at radius 3 is 2.48 bits per heavy atom. The first-order valence-corrected chi connectivity index (χ1v) is 12.3. The van der Waals surface area contributed by atoms with Gasteiger partial charge >= 0.3 is 0 Å². The number of nitrogens with one attached hydrogen (secondary N) is 1. The van der Waals surface area contributed by atoms with Crippen LogP contribution in [0.25, 0.3) is 22.2 Å². The Bertz CT molecular complexity index is 1800. The van der Waals surface area contributed by atoms with Crippen molar-refractivity contribution in [2.24, 2.45) is 0 Å². The summed E-state index contributed by atoms with van der Waals surface area (Å²) in [6.07, 6.45) is 4.20. The van der Waals surface area contributed by atoms with Gasteiger partial charge in [-0.15, -0.1) is 0 Å². The maximum atomic E-state index is 15.1. The fourth-order valence-corrected chi connectivity index (χ4v) is 4.29. The summed E-state index contributed by atoms with van der Waals surface area (Å²) in [6, 6.07) is 12.9. The van der Waals surface area contributed by atoms with Crippen molar-refractivity contribution in [3.05, 3.63) is 112 Å². The zero-order chi connectivity index (χ0) is 28.4. The Labute approximate surface area is 227 Å². The van der Waals surface area contributed by atoms with Crippen LogP contribution in [-0.2, 0) is 6.42 Å². The monoisotopic (exact) mass is 542 g/mol. The molecule has 0 saturated heterocycles. The third kappa shape index (κ3) is 5.24. The summed E-state index contributed by atoms with van der Waals surface area (Å²) >= 11 is 0. The maximum Gasteiger partial charge on any atom is 0.200 e. The van der Waals surface area contributed by atoms with Gasteiger partial charge in [-0.3, -0.25) is 19.2 Å². The van der Waals surface area contributed by atoms with Crippen LogP contribution in [0.2, 0.25) is 0 Å². The van der Waals surface area contributed by atoms with E-state index in [0.717, 1.165) is 0 Å². The van der Waals surface area contributed by atoms with Crippen molar-refractivity contribution in [3.8, 4) is 28.4 Å². The van der Waals surface area contributed by atoms with Gasteiger partial charge in [0, 0.05) is 49.8 Å². The van der Waals surface area contributed by atoms with Crippen molar-refractivity contribution in [3.63, 3.8) is 0 Å². The van der Waals surface area contributed by atoms with Gasteiger partial charge in [-0.25, -0.2) is 13.8 Å². The van der Waals surface area contributed by atoms with E-state index < -0.39 is 22.8 Å². The van der Waals surface area contributed by atoms with Crippen LogP contribution in [0.3, 0.4) is 0 Å². The molecule has 0 unspecified atom stereocenters. The average molecular weight is 543 g/mol. The molecule has 8 nitrogen and oxygen atoms in total. The lowest BCUT2D eigenvalue weighted by Gasteiger charge is -2.12. The lowest BCUT2D eigenvalue weighted by molar-refractivity contribution is 0.0991. The summed E-state index contributed by atoms with van der Waals surface area (Å²) in [4.78, 5) is 35.1. The number of ketones is 1. The summed E-state index contributed by atoms with van der Waals surface area (Å²) in [5.41, 5.74) is 4.90. The Balaban J connectivity index is 1.41. The number of rotatable bonds is 8. The normalized spacial score (nSPS) is 10.9. The second-order valence-corrected chi connectivity index (χ2v) is 8.97. The summed E-state index contributed by atoms with van der Waals surface area (Å²) in [5.74, 6) is -0.809. The van der Waals surface area contributed by atoms with E-state index in [0.29, 0.717) is 39.4 Å². The van der Waals surface area contributed by atoms with Gasteiger partial charge in [-0.2, -0.15) is 0 Å². The number of Topliss-reactive ketones (excluding diaryl/α,β-unsaturated/α-hetero) is 1. The fourth-order valence-electron chi connectivity index (χ4n) is 4.29. The molecule has 0 radical (unpaired) electrons. The lowest BCUT2D eigenvalue weighted by atomic mass is 10.00. The number of pyridine rings is 3. The number of carbonyl (C=O) groups is 1. The molecule has 0 fully saturated rings. The zero-order valence-corrected chi connectivity index (χ0v) is 21.9. The molecule has 202 valence electrons. The molecule has 0 aliphatic heterocycles. The molecule has 0 aliphatic carbocycles. The third-order valence-electron chi connectivity index (χ3n) is 6.36. The van der Waals surface area contributed by atoms with E-state index in [1.54, 1.807) is 32.2 Å². The van der Waals surface area contributed by atoms with Crippen LogP contribution in [0.15, 0.2) is 78.0 Å². The Hall–Kier alpha value is -5.12. The van der Waals surface area contributed by atoms with Crippen molar-refractivity contribution in [1.82, 2.24) is 14.6 Å². The minimum Gasteiger partial charge on any atom is -0.495 e. The van der Waals surface area contributed by atoms with Gasteiger partial charge in [0.15, 0.2) is 28.5 Å². The largest absolute Gasteiger partial charge is 0.495 e. The number of methoxy groups -OCH3 is 1. The first-order chi connectivity index (χ1) is 19.3. The van der Waals surface area contributed by atoms with Crippen LogP contribution in [0.1, 0.15) is 21.6 Å². The highest BCUT2D eigenvalue weighted by molar-refractivity contribution is 5.98. The number of carbonyl (C=O) groups excluding carboxylic acids is 1. The van der Waals surface area contributed by atoms with Gasteiger partial charge in [-0.05, 0) is 42.3 Å². The zero-order valence-electron chi connectivity index (χ0n) is 21.9. The van der Waals surface area contributed by atoms with Crippen molar-refractivity contribution in [2.75, 3.05) is 19.6 Å². The fraction of sp³-hybridized carbons (Fsp3) is 0.133. The van der Waals surface area contributed by atoms with Crippen molar-refractivity contribution in [1.29, 1.82) is 0 Å². The molecule has 5 aromatic rings. The molecule has 1 N–H and O–H groups in total. The second kappa shape index (κ2) is 10.9. The van der Waals surface area contributed by atoms with Crippen LogP contribution >= 0.6 is 0 Å². The maximum absolute atomic E-state index is 15.1. The van der Waals surface area contributed by atoms with E-state index in [4.69, 9.17) is 9.47 Å². The van der Waals surface area contributed by atoms with Crippen molar-refractivity contribution in [2.45, 2.75) is 13.3 Å². The van der Waals surface area contributed by atoms with Gasteiger partial charge in [0.05, 0.1) is 23.9 Å². The molecule has 0 spiro atoms. The Morgan fingerprint density at radius 1 is 1.00 bits per heavy atom. The summed E-state index contributed by atoms with van der Waals surface area (Å²) in [5, 5.41) is 0. The molecule has 0 saturated carbocycles. The molecule has 5 rings (SSSR count). The summed E-state index contributed by atoms with van der Waals surface area (Å²) < 4.78 is 41.1. The van der Waals surface area contributed by atoms with Gasteiger partial charge in [0.1, 0.15) is 17.1 Å². The van der Waals surface area contributed by atoms with E-state index in [2.05, 4.69) is 15.4 Å². The van der Waals surface area contributed by atoms with Crippen LogP contribution in [0.4, 0.5) is 8.78 Å². The smallest absolute Gasteiger partial charge is 0.200 e. The van der Waals surface area contributed by atoms with Crippen molar-refractivity contribution < 1.29 is 23.0 Å². The van der Waals surface area contributed by atoms with Crippen LogP contribution in [0.5, 0.6) is 17.2 Å². The first-order valence-electron chi connectivity index (χ1n) is 12.3. The minimum absolute atomic E-state index is 0.0604. The molecule has 3 aromatic heterocycles. The van der Waals surface area contributed by atoms with Gasteiger partial charge in [-0.1, -0.05) is 18.2 Å². The molecule has 40 heavy (non-hydrogen) atoms. The van der Waals surface area contributed by atoms with E-state index >= 15 is 4.39 Å². The van der Waals surface area contributed by atoms with Crippen molar-refractivity contribution >= 4 is 16.8 Å². The number of hydrogen-bond acceptors (Lipinski definition) is 7. The number of nitrogens with zero attached hydrogens (tertiary/aromatic N) is 3. The number of aromatic nitrogens is 3. The molecule has 3 heterocycles. The number of ether oxygens (including phenoxy) is 2. The SMILES string of the molecule is CNn1cc(C(=O)Cc2ccc(Oc3ccnc4cc(OC)c(C)nc34)c(F)c2)c(=O)c(-c2ccc(F)cc2)c1. The first kappa shape index (κ1) is 26.5. The molecular formula is C30H24F2N4O4. The van der Waals surface area contributed by atoms with Crippen LogP contribution in [-0.4, -0.2) is 34.6 Å². The molecule has 2 aromatic carbocycles. The van der Waals surface area contributed by atoms with Crippen LogP contribution in [0, 0.1) is 18.6 Å². The molecule has 0 atom stereocenters. The van der Waals surface area contributed by atoms with E-state index in [-0.39, 0.29) is 23.3 Å². The minimum atomic E-state index is -0.687. The average Bonchev–Trinajstić information content (AvgIpc) is 2.95. The quantitative estimate of drug-likeness (QED) is 0.261. The number of benzene rings is 2. The molecule has 0 bridgehead atoms. The Morgan fingerprint density at radius 2 is 1.77 bits per heavy atom. The molecule has 10 heteroatoms. The summed E-state index contributed by atoms with van der Waals surface area (Å²) in [6.45, 7) is 1.78. The molecular weight excluding hydrogens is 518 g/mol. The van der Waals surface area contributed by atoms with E-state index in [1.165, 1.54) is 66.8 Å². The highest BCUT2D eigenvalue weighted by Gasteiger charge is 2.18. The van der Waals surface area contributed by atoms with E-state index in [9.17, 15) is 14.0 Å². The van der Waals surface area contributed by atoms with Crippen LogP contribution < -0.4 is 20.3 Å². The Kier molecular flexibility index (Phi) is 7.24. The highest BCUT2D eigenvalue weighted by atomic mass is 19.1. The topological polar surface area (TPSA) is 95.3 Å². The second-order valence-electron chi connectivity index (χ2n) is 8.97. The number of halogens is 2. The third-order valence-corrected chi connectivity index (χ3v) is 6.36.